The van der Waals surface area contributed by atoms with Gasteiger partial charge in [-0.05, 0) is 35.9 Å². The van der Waals surface area contributed by atoms with Gasteiger partial charge in [0.2, 0.25) is 0 Å². The number of hydrogen-bond donors (Lipinski definition) is 1. The van der Waals surface area contributed by atoms with E-state index in [1.165, 1.54) is 5.56 Å². The fourth-order valence-corrected chi connectivity index (χ4v) is 1.95. The van der Waals surface area contributed by atoms with Crippen LogP contribution in [0.1, 0.15) is 11.3 Å². The Balaban J connectivity index is 1.56. The van der Waals surface area contributed by atoms with Crippen LogP contribution in [-0.4, -0.2) is 20.0 Å². The van der Waals surface area contributed by atoms with Crippen molar-refractivity contribution in [2.24, 2.45) is 0 Å². The molecule has 2 heterocycles. The van der Waals surface area contributed by atoms with Crippen molar-refractivity contribution < 1.29 is 0 Å². The minimum Gasteiger partial charge on any atom is -0.307 e. The molecule has 0 saturated heterocycles. The Morgan fingerprint density at radius 3 is 2.55 bits per heavy atom. The highest BCUT2D eigenvalue weighted by Gasteiger charge is 1.98. The van der Waals surface area contributed by atoms with Gasteiger partial charge in [0.25, 0.3) is 0 Å². The van der Waals surface area contributed by atoms with Gasteiger partial charge >= 0.3 is 0 Å². The molecular formula is C15H15N5. The second-order valence-corrected chi connectivity index (χ2v) is 4.44. The highest BCUT2D eigenvalue weighted by molar-refractivity contribution is 5.33. The number of aromatic nitrogens is 4. The molecule has 100 valence electrons. The van der Waals surface area contributed by atoms with Crippen molar-refractivity contribution in [3.63, 3.8) is 0 Å². The Bertz CT molecular complexity index is 632. The van der Waals surface area contributed by atoms with Crippen molar-refractivity contribution in [2.75, 3.05) is 0 Å². The fourth-order valence-electron chi connectivity index (χ4n) is 1.95. The number of hydrogen-bond acceptors (Lipinski definition) is 4. The second-order valence-electron chi connectivity index (χ2n) is 4.44. The maximum atomic E-state index is 4.20. The summed E-state index contributed by atoms with van der Waals surface area (Å²) in [5.74, 6) is 0. The molecule has 0 aliphatic carbocycles. The highest BCUT2D eigenvalue weighted by atomic mass is 15.3. The highest BCUT2D eigenvalue weighted by Crippen LogP contribution is 2.08. The Hall–Kier alpha value is -2.53. The van der Waals surface area contributed by atoms with Crippen LogP contribution in [0.15, 0.2) is 61.1 Å². The van der Waals surface area contributed by atoms with Crippen molar-refractivity contribution in [1.82, 2.24) is 25.3 Å². The number of nitrogens with one attached hydrogen (secondary N) is 1. The minimum atomic E-state index is 0.717. The summed E-state index contributed by atoms with van der Waals surface area (Å²) in [5, 5.41) is 15.4. The average molecular weight is 265 g/mol. The van der Waals surface area contributed by atoms with Crippen LogP contribution >= 0.6 is 0 Å². The predicted octanol–water partition coefficient (Wildman–Crippen LogP) is 1.95. The SMILES string of the molecule is c1cnnc(CNCc2ccc(-n3cccn3)cc2)c1. The zero-order valence-electron chi connectivity index (χ0n) is 11.0. The van der Waals surface area contributed by atoms with E-state index in [-0.39, 0.29) is 0 Å². The third kappa shape index (κ3) is 3.07. The molecule has 5 heteroatoms. The van der Waals surface area contributed by atoms with Crippen LogP contribution in [0.5, 0.6) is 0 Å². The van der Waals surface area contributed by atoms with E-state index in [2.05, 4.69) is 44.9 Å². The monoisotopic (exact) mass is 265 g/mol. The van der Waals surface area contributed by atoms with E-state index in [0.717, 1.165) is 24.5 Å². The zero-order chi connectivity index (χ0) is 13.6. The molecule has 2 aromatic heterocycles. The lowest BCUT2D eigenvalue weighted by molar-refractivity contribution is 0.670. The van der Waals surface area contributed by atoms with E-state index >= 15 is 0 Å². The molecule has 0 saturated carbocycles. The van der Waals surface area contributed by atoms with Gasteiger partial charge in [-0.2, -0.15) is 15.3 Å². The second kappa shape index (κ2) is 6.08. The van der Waals surface area contributed by atoms with Crippen molar-refractivity contribution in [2.45, 2.75) is 13.1 Å². The van der Waals surface area contributed by atoms with Gasteiger partial charge in [0.1, 0.15) is 0 Å². The van der Waals surface area contributed by atoms with Crippen molar-refractivity contribution >= 4 is 0 Å². The van der Waals surface area contributed by atoms with Gasteiger partial charge in [-0.1, -0.05) is 12.1 Å². The molecule has 3 rings (SSSR count). The molecule has 0 fully saturated rings. The quantitative estimate of drug-likeness (QED) is 0.766. The van der Waals surface area contributed by atoms with Crippen molar-refractivity contribution in [3.05, 3.63) is 72.3 Å². The number of nitrogens with zero attached hydrogens (tertiary/aromatic N) is 4. The van der Waals surface area contributed by atoms with E-state index in [4.69, 9.17) is 0 Å². The summed E-state index contributed by atoms with van der Waals surface area (Å²) in [6, 6.07) is 14.1. The predicted molar refractivity (Wildman–Crippen MR) is 76.1 cm³/mol. The van der Waals surface area contributed by atoms with E-state index in [0.29, 0.717) is 0 Å². The van der Waals surface area contributed by atoms with Crippen LogP contribution in [-0.2, 0) is 13.1 Å². The first-order valence-electron chi connectivity index (χ1n) is 6.48. The van der Waals surface area contributed by atoms with Crippen molar-refractivity contribution in [3.8, 4) is 5.69 Å². The molecule has 3 aromatic rings. The topological polar surface area (TPSA) is 55.6 Å². The third-order valence-electron chi connectivity index (χ3n) is 2.97. The largest absolute Gasteiger partial charge is 0.307 e. The summed E-state index contributed by atoms with van der Waals surface area (Å²) >= 11 is 0. The Morgan fingerprint density at radius 2 is 1.85 bits per heavy atom. The molecule has 0 unspecified atom stereocenters. The summed E-state index contributed by atoms with van der Waals surface area (Å²) < 4.78 is 1.84. The zero-order valence-corrected chi connectivity index (χ0v) is 11.0. The molecule has 0 bridgehead atoms. The Labute approximate surface area is 117 Å². The standard InChI is InChI=1S/C15H15N5/c1-3-14(19-17-8-1)12-16-11-13-4-6-15(7-5-13)20-10-2-9-18-20/h1-10,16H,11-12H2. The van der Waals surface area contributed by atoms with Crippen LogP contribution in [0.25, 0.3) is 5.69 Å². The summed E-state index contributed by atoms with van der Waals surface area (Å²) in [6.45, 7) is 1.52. The molecule has 1 N–H and O–H groups in total. The van der Waals surface area contributed by atoms with Crippen LogP contribution in [0.3, 0.4) is 0 Å². The van der Waals surface area contributed by atoms with Gasteiger partial charge < -0.3 is 5.32 Å². The molecule has 0 radical (unpaired) electrons. The van der Waals surface area contributed by atoms with Gasteiger partial charge in [-0.3, -0.25) is 0 Å². The molecule has 20 heavy (non-hydrogen) atoms. The van der Waals surface area contributed by atoms with Crippen LogP contribution in [0.2, 0.25) is 0 Å². The average Bonchev–Trinajstić information content (AvgIpc) is 3.03. The van der Waals surface area contributed by atoms with Gasteiger partial charge in [0.15, 0.2) is 0 Å². The fraction of sp³-hybridized carbons (Fsp3) is 0.133. The third-order valence-corrected chi connectivity index (χ3v) is 2.97. The minimum absolute atomic E-state index is 0.717. The number of benzene rings is 1. The summed E-state index contributed by atoms with van der Waals surface area (Å²) in [5.41, 5.74) is 3.23. The first-order chi connectivity index (χ1) is 9.92. The Kier molecular flexibility index (Phi) is 3.80. The van der Waals surface area contributed by atoms with Gasteiger partial charge in [-0.15, -0.1) is 0 Å². The van der Waals surface area contributed by atoms with E-state index in [1.54, 1.807) is 12.4 Å². The maximum absolute atomic E-state index is 4.20. The molecular weight excluding hydrogens is 250 g/mol. The molecule has 0 aliphatic rings. The van der Waals surface area contributed by atoms with E-state index in [9.17, 15) is 0 Å². The van der Waals surface area contributed by atoms with Crippen molar-refractivity contribution in [1.29, 1.82) is 0 Å². The lowest BCUT2D eigenvalue weighted by Gasteiger charge is -2.06. The maximum Gasteiger partial charge on any atom is 0.0769 e. The summed E-state index contributed by atoms with van der Waals surface area (Å²) in [6.07, 6.45) is 5.38. The normalized spacial score (nSPS) is 10.6. The Morgan fingerprint density at radius 1 is 0.950 bits per heavy atom. The smallest absolute Gasteiger partial charge is 0.0769 e. The molecule has 0 atom stereocenters. The van der Waals surface area contributed by atoms with E-state index in [1.807, 2.05) is 29.1 Å². The van der Waals surface area contributed by atoms with Crippen LogP contribution in [0, 0.1) is 0 Å². The van der Waals surface area contributed by atoms with Gasteiger partial charge in [0.05, 0.1) is 11.4 Å². The van der Waals surface area contributed by atoms with Gasteiger partial charge in [-0.25, -0.2) is 4.68 Å². The summed E-state index contributed by atoms with van der Waals surface area (Å²) in [4.78, 5) is 0. The van der Waals surface area contributed by atoms with E-state index < -0.39 is 0 Å². The molecule has 5 nitrogen and oxygen atoms in total. The first kappa shape index (κ1) is 12.5. The lowest BCUT2D eigenvalue weighted by Crippen LogP contribution is -2.13. The molecule has 0 amide bonds. The van der Waals surface area contributed by atoms with Crippen LogP contribution in [0.4, 0.5) is 0 Å². The van der Waals surface area contributed by atoms with Gasteiger partial charge in [0, 0.05) is 31.7 Å². The van der Waals surface area contributed by atoms with Crippen LogP contribution < -0.4 is 5.32 Å². The molecule has 0 aliphatic heterocycles. The number of rotatable bonds is 5. The first-order valence-corrected chi connectivity index (χ1v) is 6.48. The summed E-state index contributed by atoms with van der Waals surface area (Å²) in [7, 11) is 0. The lowest BCUT2D eigenvalue weighted by atomic mass is 10.2. The molecule has 0 spiro atoms. The molecule has 1 aromatic carbocycles.